The number of nitrogens with zero attached hydrogens (tertiary/aromatic N) is 1. The fraction of sp³-hybridized carbons (Fsp3) is 0.556. The summed E-state index contributed by atoms with van der Waals surface area (Å²) < 4.78 is 5.21. The van der Waals surface area contributed by atoms with Crippen molar-refractivity contribution in [1.29, 1.82) is 0 Å². The fourth-order valence-electron chi connectivity index (χ4n) is 2.14. The smallest absolute Gasteiger partial charge is 0.407 e. The normalized spacial score (nSPS) is 12.5. The molecule has 1 aromatic carbocycles. The van der Waals surface area contributed by atoms with E-state index in [1.165, 1.54) is 0 Å². The first kappa shape index (κ1) is 19.0. The van der Waals surface area contributed by atoms with E-state index in [0.29, 0.717) is 12.1 Å². The van der Waals surface area contributed by atoms with E-state index in [2.05, 4.69) is 5.32 Å². The van der Waals surface area contributed by atoms with Crippen LogP contribution in [-0.2, 0) is 4.74 Å². The second kappa shape index (κ2) is 7.49. The first-order chi connectivity index (χ1) is 10.5. The summed E-state index contributed by atoms with van der Waals surface area (Å²) in [7, 11) is 1.73. The molecule has 1 rings (SSSR count). The Balaban J connectivity index is 2.60. The molecule has 0 saturated carbocycles. The first-order valence-electron chi connectivity index (χ1n) is 7.82. The number of benzene rings is 1. The van der Waals surface area contributed by atoms with E-state index >= 15 is 0 Å². The van der Waals surface area contributed by atoms with Gasteiger partial charge in [0.1, 0.15) is 5.60 Å². The van der Waals surface area contributed by atoms with Gasteiger partial charge in [-0.1, -0.05) is 6.07 Å². The molecule has 0 aliphatic heterocycles. The van der Waals surface area contributed by atoms with Crippen LogP contribution in [0.3, 0.4) is 0 Å². The molecule has 1 aromatic rings. The maximum atomic E-state index is 12.4. The number of likely N-dealkylation sites (N-methyl/N-ethyl adjacent to an activating group) is 1. The van der Waals surface area contributed by atoms with Crippen LogP contribution in [0.5, 0.6) is 0 Å². The van der Waals surface area contributed by atoms with Crippen LogP contribution in [0.4, 0.5) is 4.79 Å². The summed E-state index contributed by atoms with van der Waals surface area (Å²) in [6, 6.07) is 5.46. The van der Waals surface area contributed by atoms with Crippen LogP contribution in [-0.4, -0.2) is 42.1 Å². The number of nitrogens with one attached hydrogen (secondary N) is 1. The number of hydrogen-bond acceptors (Lipinski definition) is 3. The summed E-state index contributed by atoms with van der Waals surface area (Å²) >= 11 is 0. The van der Waals surface area contributed by atoms with Crippen LogP contribution in [0.2, 0.25) is 0 Å². The fourth-order valence-corrected chi connectivity index (χ4v) is 2.14. The zero-order valence-electron chi connectivity index (χ0n) is 15.2. The molecule has 0 saturated heterocycles. The molecule has 0 radical (unpaired) electrons. The van der Waals surface area contributed by atoms with E-state index < -0.39 is 11.7 Å². The van der Waals surface area contributed by atoms with Gasteiger partial charge in [0.15, 0.2) is 0 Å². The van der Waals surface area contributed by atoms with Gasteiger partial charge in [-0.2, -0.15) is 0 Å². The van der Waals surface area contributed by atoms with Gasteiger partial charge < -0.3 is 15.0 Å². The van der Waals surface area contributed by atoms with Crippen LogP contribution in [0.15, 0.2) is 18.2 Å². The maximum absolute atomic E-state index is 12.4. The van der Waals surface area contributed by atoms with Gasteiger partial charge in [0, 0.05) is 25.2 Å². The van der Waals surface area contributed by atoms with Crippen molar-refractivity contribution in [2.45, 2.75) is 53.2 Å². The highest BCUT2D eigenvalue weighted by Crippen LogP contribution is 2.12. The van der Waals surface area contributed by atoms with Crippen LogP contribution in [0, 0.1) is 13.8 Å². The molecule has 5 heteroatoms. The zero-order valence-corrected chi connectivity index (χ0v) is 15.2. The molecular weight excluding hydrogens is 292 g/mol. The second-order valence-corrected chi connectivity index (χ2v) is 7.03. The Labute approximate surface area is 139 Å². The topological polar surface area (TPSA) is 58.6 Å². The number of alkyl carbamates (subject to hydrolysis) is 1. The van der Waals surface area contributed by atoms with Crippen molar-refractivity contribution in [3.05, 3.63) is 34.9 Å². The molecule has 0 aromatic heterocycles. The van der Waals surface area contributed by atoms with Gasteiger partial charge in [0.25, 0.3) is 5.91 Å². The molecule has 2 amide bonds. The molecule has 0 aliphatic carbocycles. The summed E-state index contributed by atoms with van der Waals surface area (Å²) in [4.78, 5) is 25.8. The first-order valence-corrected chi connectivity index (χ1v) is 7.82. The van der Waals surface area contributed by atoms with Gasteiger partial charge in [0.2, 0.25) is 0 Å². The van der Waals surface area contributed by atoms with E-state index in [1.807, 2.05) is 59.7 Å². The van der Waals surface area contributed by atoms with Crippen molar-refractivity contribution in [2.75, 3.05) is 13.6 Å². The third-order valence-electron chi connectivity index (χ3n) is 3.41. The average molecular weight is 320 g/mol. The SMILES string of the molecule is Cc1ccc(C(=O)N(C)C[C@@H](C)NC(=O)OC(C)(C)C)cc1C. The van der Waals surface area contributed by atoms with Gasteiger partial charge in [-0.15, -0.1) is 0 Å². The Hall–Kier alpha value is -2.04. The lowest BCUT2D eigenvalue weighted by Gasteiger charge is -2.25. The van der Waals surface area contributed by atoms with Gasteiger partial charge in [-0.25, -0.2) is 4.79 Å². The Bertz CT molecular complexity index is 576. The van der Waals surface area contributed by atoms with Crippen molar-refractivity contribution in [3.8, 4) is 0 Å². The molecule has 0 heterocycles. The number of ether oxygens (including phenoxy) is 1. The highest BCUT2D eigenvalue weighted by molar-refractivity contribution is 5.94. The third-order valence-corrected chi connectivity index (χ3v) is 3.41. The van der Waals surface area contributed by atoms with Crippen LogP contribution >= 0.6 is 0 Å². The Morgan fingerprint density at radius 1 is 1.22 bits per heavy atom. The highest BCUT2D eigenvalue weighted by Gasteiger charge is 2.20. The standard InChI is InChI=1S/C18H28N2O3/c1-12-8-9-15(10-13(12)2)16(21)20(7)11-14(3)19-17(22)23-18(4,5)6/h8-10,14H,11H2,1-7H3,(H,19,22)/t14-/m1/s1. The lowest BCUT2D eigenvalue weighted by molar-refractivity contribution is 0.0491. The van der Waals surface area contributed by atoms with E-state index in [9.17, 15) is 9.59 Å². The maximum Gasteiger partial charge on any atom is 0.407 e. The number of amides is 2. The van der Waals surface area contributed by atoms with E-state index in [1.54, 1.807) is 11.9 Å². The predicted octanol–water partition coefficient (Wildman–Crippen LogP) is 3.29. The summed E-state index contributed by atoms with van der Waals surface area (Å²) in [6.07, 6.45) is -0.475. The van der Waals surface area contributed by atoms with Crippen LogP contribution in [0.25, 0.3) is 0 Å². The third kappa shape index (κ3) is 6.30. The molecule has 23 heavy (non-hydrogen) atoms. The van der Waals surface area contributed by atoms with Crippen LogP contribution in [0.1, 0.15) is 49.2 Å². The molecule has 1 atom stereocenters. The summed E-state index contributed by atoms with van der Waals surface area (Å²) in [5.41, 5.74) is 2.36. The second-order valence-electron chi connectivity index (χ2n) is 7.03. The Kier molecular flexibility index (Phi) is 6.19. The summed E-state index contributed by atoms with van der Waals surface area (Å²) in [5, 5.41) is 2.74. The van der Waals surface area contributed by atoms with Crippen LogP contribution < -0.4 is 5.32 Å². The molecular formula is C18H28N2O3. The van der Waals surface area contributed by atoms with Crippen molar-refractivity contribution < 1.29 is 14.3 Å². The minimum atomic E-state index is -0.537. The predicted molar refractivity (Wildman–Crippen MR) is 91.7 cm³/mol. The van der Waals surface area contributed by atoms with E-state index in [4.69, 9.17) is 4.74 Å². The van der Waals surface area contributed by atoms with E-state index in [-0.39, 0.29) is 11.9 Å². The number of carbonyl (C=O) groups excluding carboxylic acids is 2. The number of hydrogen-bond donors (Lipinski definition) is 1. The lowest BCUT2D eigenvalue weighted by atomic mass is 10.1. The van der Waals surface area contributed by atoms with Crippen molar-refractivity contribution >= 4 is 12.0 Å². The molecule has 0 aliphatic rings. The number of aryl methyl sites for hydroxylation is 2. The minimum absolute atomic E-state index is 0.0639. The monoisotopic (exact) mass is 320 g/mol. The minimum Gasteiger partial charge on any atom is -0.444 e. The van der Waals surface area contributed by atoms with Crippen molar-refractivity contribution in [2.24, 2.45) is 0 Å². The van der Waals surface area contributed by atoms with E-state index in [0.717, 1.165) is 11.1 Å². The zero-order chi connectivity index (χ0) is 17.8. The molecule has 0 unspecified atom stereocenters. The number of rotatable bonds is 4. The molecule has 5 nitrogen and oxygen atoms in total. The quantitative estimate of drug-likeness (QED) is 0.926. The average Bonchev–Trinajstić information content (AvgIpc) is 2.38. The molecule has 128 valence electrons. The van der Waals surface area contributed by atoms with Gasteiger partial charge in [-0.05, 0) is 64.8 Å². The van der Waals surface area contributed by atoms with Crippen molar-refractivity contribution in [1.82, 2.24) is 10.2 Å². The van der Waals surface area contributed by atoms with Crippen molar-refractivity contribution in [3.63, 3.8) is 0 Å². The summed E-state index contributed by atoms with van der Waals surface area (Å²) in [6.45, 7) is 11.7. The Morgan fingerprint density at radius 3 is 2.35 bits per heavy atom. The lowest BCUT2D eigenvalue weighted by Crippen LogP contribution is -2.44. The Morgan fingerprint density at radius 2 is 1.83 bits per heavy atom. The largest absolute Gasteiger partial charge is 0.444 e. The number of carbonyl (C=O) groups is 2. The molecule has 0 fully saturated rings. The summed E-state index contributed by atoms with van der Waals surface area (Å²) in [5.74, 6) is -0.0639. The molecule has 1 N–H and O–H groups in total. The molecule has 0 spiro atoms. The van der Waals surface area contributed by atoms with Gasteiger partial charge >= 0.3 is 6.09 Å². The highest BCUT2D eigenvalue weighted by atomic mass is 16.6. The van der Waals surface area contributed by atoms with Gasteiger partial charge in [0.05, 0.1) is 0 Å². The van der Waals surface area contributed by atoms with Gasteiger partial charge in [-0.3, -0.25) is 4.79 Å². The molecule has 0 bridgehead atoms.